The average Bonchev–Trinajstić information content (AvgIpc) is 3.40. The molecule has 0 aromatic heterocycles. The molecule has 0 saturated heterocycles. The zero-order chi connectivity index (χ0) is 21.5. The van der Waals surface area contributed by atoms with Gasteiger partial charge in [0.2, 0.25) is 0 Å². The lowest BCUT2D eigenvalue weighted by Gasteiger charge is -2.34. The monoisotopic (exact) mass is 437 g/mol. The molecule has 31 heavy (non-hydrogen) atoms. The second-order valence-electron chi connectivity index (χ2n) is 8.08. The van der Waals surface area contributed by atoms with Crippen LogP contribution in [-0.2, 0) is 0 Å². The largest absolute Gasteiger partial charge is 0.511 e. The lowest BCUT2D eigenvalue weighted by molar-refractivity contribution is 0.144. The number of rotatable bonds is 3. The fourth-order valence-corrected chi connectivity index (χ4v) is 5.21. The number of fused-ring (bicyclic) bond motifs is 3. The molecule has 158 valence electrons. The average molecular weight is 438 g/mol. The molecule has 1 N–H and O–H groups in total. The first-order valence-electron chi connectivity index (χ1n) is 10.3. The van der Waals surface area contributed by atoms with Crippen molar-refractivity contribution in [1.29, 1.82) is 5.26 Å². The highest BCUT2D eigenvalue weighted by Gasteiger charge is 2.46. The van der Waals surface area contributed by atoms with Gasteiger partial charge >= 0.3 is 6.16 Å². The number of nitrogens with zero attached hydrogens (tertiary/aromatic N) is 3. The highest BCUT2D eigenvalue weighted by molar-refractivity contribution is 6.32. The smallest absolute Gasteiger partial charge is 0.492 e. The van der Waals surface area contributed by atoms with E-state index < -0.39 is 6.16 Å². The van der Waals surface area contributed by atoms with Gasteiger partial charge in [0.15, 0.2) is 0 Å². The van der Waals surface area contributed by atoms with E-state index in [1.807, 2.05) is 11.1 Å². The van der Waals surface area contributed by atoms with Crippen molar-refractivity contribution in [1.82, 2.24) is 0 Å². The summed E-state index contributed by atoms with van der Waals surface area (Å²) in [6, 6.07) is 12.7. The third-order valence-electron chi connectivity index (χ3n) is 6.33. The lowest BCUT2D eigenvalue weighted by Crippen LogP contribution is -2.43. The summed E-state index contributed by atoms with van der Waals surface area (Å²) < 4.78 is 10.8. The summed E-state index contributed by atoms with van der Waals surface area (Å²) in [5.74, 6) is 1.36. The van der Waals surface area contributed by atoms with Crippen molar-refractivity contribution in [2.75, 3.05) is 11.6 Å². The fraction of sp³-hybridized carbons (Fsp3) is 0.348. The summed E-state index contributed by atoms with van der Waals surface area (Å²) in [5.41, 5.74) is 3.07. The second kappa shape index (κ2) is 7.78. The second-order valence-corrected chi connectivity index (χ2v) is 8.49. The van der Waals surface area contributed by atoms with Crippen LogP contribution < -0.4 is 14.5 Å². The van der Waals surface area contributed by atoms with E-state index in [2.05, 4.69) is 6.07 Å². The number of ether oxygens (including phenoxy) is 2. The minimum atomic E-state index is -1.36. The number of benzene rings is 2. The van der Waals surface area contributed by atoms with Crippen molar-refractivity contribution in [2.45, 2.75) is 31.7 Å². The quantitative estimate of drug-likeness (QED) is 0.532. The van der Waals surface area contributed by atoms with Crippen molar-refractivity contribution >= 4 is 29.2 Å². The number of halogens is 1. The first kappa shape index (κ1) is 19.7. The normalized spacial score (nSPS) is 22.2. The van der Waals surface area contributed by atoms with E-state index in [0.717, 1.165) is 29.8 Å². The molecular weight excluding hydrogens is 418 g/mol. The van der Waals surface area contributed by atoms with Gasteiger partial charge in [-0.15, -0.1) is 0 Å². The molecule has 5 rings (SSSR count). The van der Waals surface area contributed by atoms with Crippen LogP contribution in [0.3, 0.4) is 0 Å². The Kier molecular flexibility index (Phi) is 4.95. The van der Waals surface area contributed by atoms with Crippen LogP contribution in [0, 0.1) is 23.2 Å². The van der Waals surface area contributed by atoms with Gasteiger partial charge in [0.25, 0.3) is 0 Å². The van der Waals surface area contributed by atoms with Crippen LogP contribution in [0.5, 0.6) is 11.5 Å². The van der Waals surface area contributed by atoms with Crippen molar-refractivity contribution in [3.63, 3.8) is 0 Å². The van der Waals surface area contributed by atoms with E-state index in [4.69, 9.17) is 31.3 Å². The number of hydrogen-bond acceptors (Lipinski definition) is 6. The molecule has 2 unspecified atom stereocenters. The minimum absolute atomic E-state index is 0.0938. The summed E-state index contributed by atoms with van der Waals surface area (Å²) in [6.07, 6.45) is 3.33. The van der Waals surface area contributed by atoms with Crippen molar-refractivity contribution in [3.8, 4) is 17.6 Å². The number of carboxylic acid groups (broad SMARTS) is 1. The number of hydrogen-bond donors (Lipinski definition) is 1. The number of anilines is 1. The molecule has 1 fully saturated rings. The Morgan fingerprint density at radius 2 is 2.06 bits per heavy atom. The molecule has 0 bridgehead atoms. The van der Waals surface area contributed by atoms with Gasteiger partial charge in [-0.25, -0.2) is 4.79 Å². The maximum Gasteiger partial charge on any atom is 0.511 e. The van der Waals surface area contributed by atoms with Crippen LogP contribution in [0.25, 0.3) is 0 Å². The molecule has 0 spiro atoms. The summed E-state index contributed by atoms with van der Waals surface area (Å²) >= 11 is 6.32. The molecule has 2 aromatic rings. The number of carbonyl (C=O) groups is 1. The molecule has 2 aliphatic heterocycles. The fourth-order valence-electron chi connectivity index (χ4n) is 4.99. The summed E-state index contributed by atoms with van der Waals surface area (Å²) in [6.45, 7) is 0.462. The van der Waals surface area contributed by atoms with Gasteiger partial charge in [-0.2, -0.15) is 10.4 Å². The summed E-state index contributed by atoms with van der Waals surface area (Å²) in [5, 5.41) is 25.5. The molecule has 8 heteroatoms. The van der Waals surface area contributed by atoms with Gasteiger partial charge in [0, 0.05) is 11.6 Å². The molecule has 2 heterocycles. The van der Waals surface area contributed by atoms with Gasteiger partial charge in [0.1, 0.15) is 17.6 Å². The maximum absolute atomic E-state index is 10.9. The van der Waals surface area contributed by atoms with Crippen LogP contribution in [0.15, 0.2) is 41.5 Å². The van der Waals surface area contributed by atoms with Crippen LogP contribution in [0.2, 0.25) is 5.02 Å². The van der Waals surface area contributed by atoms with E-state index >= 15 is 0 Å². The van der Waals surface area contributed by atoms with E-state index in [1.165, 1.54) is 12.8 Å². The SMILES string of the molecule is N#Cc1ccc(N2N=C3c4ccc(OC(=O)O)cc4OCC3C2C2CCCC2)cc1Cl. The molecule has 0 amide bonds. The minimum Gasteiger partial charge on any atom is -0.492 e. The summed E-state index contributed by atoms with van der Waals surface area (Å²) in [7, 11) is 0. The molecule has 7 nitrogen and oxygen atoms in total. The molecule has 0 radical (unpaired) electrons. The Bertz CT molecular complexity index is 1120. The maximum atomic E-state index is 10.9. The van der Waals surface area contributed by atoms with Crippen LogP contribution in [-0.4, -0.2) is 29.6 Å². The van der Waals surface area contributed by atoms with Gasteiger partial charge in [-0.1, -0.05) is 24.4 Å². The van der Waals surface area contributed by atoms with Crippen LogP contribution in [0.4, 0.5) is 10.5 Å². The molecule has 1 saturated carbocycles. The Balaban J connectivity index is 1.56. The topological polar surface area (TPSA) is 95.2 Å². The lowest BCUT2D eigenvalue weighted by atomic mass is 9.82. The van der Waals surface area contributed by atoms with E-state index in [9.17, 15) is 10.1 Å². The van der Waals surface area contributed by atoms with E-state index in [-0.39, 0.29) is 17.7 Å². The highest BCUT2D eigenvalue weighted by atomic mass is 35.5. The van der Waals surface area contributed by atoms with Crippen LogP contribution >= 0.6 is 11.6 Å². The number of hydrazone groups is 1. The third kappa shape index (κ3) is 3.47. The van der Waals surface area contributed by atoms with Gasteiger partial charge < -0.3 is 14.6 Å². The van der Waals surface area contributed by atoms with Crippen LogP contribution in [0.1, 0.15) is 36.8 Å². The van der Waals surface area contributed by atoms with E-state index in [0.29, 0.717) is 28.9 Å². The first-order valence-corrected chi connectivity index (χ1v) is 10.7. The Labute approximate surface area is 184 Å². The third-order valence-corrected chi connectivity index (χ3v) is 6.65. The molecule has 3 aliphatic rings. The number of nitriles is 1. The van der Waals surface area contributed by atoms with Crippen molar-refractivity contribution < 1.29 is 19.4 Å². The van der Waals surface area contributed by atoms with Crippen molar-refractivity contribution in [3.05, 3.63) is 52.5 Å². The van der Waals surface area contributed by atoms with Gasteiger partial charge in [-0.05, 0) is 49.1 Å². The van der Waals surface area contributed by atoms with Gasteiger partial charge in [-0.3, -0.25) is 5.01 Å². The zero-order valence-electron chi connectivity index (χ0n) is 16.6. The highest BCUT2D eigenvalue weighted by Crippen LogP contribution is 2.45. The van der Waals surface area contributed by atoms with Gasteiger partial charge in [0.05, 0.1) is 40.6 Å². The summed E-state index contributed by atoms with van der Waals surface area (Å²) in [4.78, 5) is 10.9. The predicted octanol–water partition coefficient (Wildman–Crippen LogP) is 5.06. The first-order chi connectivity index (χ1) is 15.0. The Morgan fingerprint density at radius 1 is 1.26 bits per heavy atom. The standard InChI is InChI=1S/C23H20ClN3O4/c24-19-9-15(6-5-14(19)11-25)27-22(13-3-1-2-4-13)18-12-30-20-10-16(31-23(28)29)7-8-17(20)21(18)26-27/h5-10,13,18,22H,1-4,12H2,(H,28,29). The molecular formula is C23H20ClN3O4. The van der Waals surface area contributed by atoms with Crippen molar-refractivity contribution in [2.24, 2.45) is 16.9 Å². The zero-order valence-corrected chi connectivity index (χ0v) is 17.4. The Hall–Kier alpha value is -3.24. The molecule has 2 aromatic carbocycles. The Morgan fingerprint density at radius 3 is 2.77 bits per heavy atom. The predicted molar refractivity (Wildman–Crippen MR) is 115 cm³/mol. The van der Waals surface area contributed by atoms with E-state index in [1.54, 1.807) is 30.3 Å². The molecule has 2 atom stereocenters. The molecule has 1 aliphatic carbocycles.